The van der Waals surface area contributed by atoms with Gasteiger partial charge in [-0.2, -0.15) is 0 Å². The minimum absolute atomic E-state index is 0.00436. The van der Waals surface area contributed by atoms with Gasteiger partial charge in [-0.3, -0.25) is 9.78 Å². The Hall–Kier alpha value is -2.40. The Labute approximate surface area is 131 Å². The first-order valence-electron chi connectivity index (χ1n) is 7.37. The lowest BCUT2D eigenvalue weighted by atomic mass is 10.2. The molecule has 0 aliphatic rings. The van der Waals surface area contributed by atoms with Crippen LogP contribution in [0.3, 0.4) is 0 Å². The highest BCUT2D eigenvalue weighted by Gasteiger charge is 2.06. The molecule has 0 radical (unpaired) electrons. The summed E-state index contributed by atoms with van der Waals surface area (Å²) >= 11 is 0. The van der Waals surface area contributed by atoms with Gasteiger partial charge >= 0.3 is 0 Å². The largest absolute Gasteiger partial charge is 0.399 e. The average Bonchev–Trinajstić information content (AvgIpc) is 2.52. The summed E-state index contributed by atoms with van der Waals surface area (Å²) in [5.74, 6) is -0.00436. The Bertz CT molecular complexity index is 601. The van der Waals surface area contributed by atoms with E-state index < -0.39 is 0 Å². The number of carbonyl (C=O) groups excluding carboxylic acids is 1. The molecular formula is C17H22N4O. The molecule has 0 atom stereocenters. The molecule has 22 heavy (non-hydrogen) atoms. The lowest BCUT2D eigenvalue weighted by molar-refractivity contribution is -0.116. The molecule has 0 spiro atoms. The van der Waals surface area contributed by atoms with Gasteiger partial charge in [0.15, 0.2) is 0 Å². The van der Waals surface area contributed by atoms with Crippen LogP contribution in [0.1, 0.15) is 12.1 Å². The van der Waals surface area contributed by atoms with Crippen molar-refractivity contribution in [2.45, 2.75) is 12.8 Å². The number of benzene rings is 1. The highest BCUT2D eigenvalue weighted by molar-refractivity contribution is 5.91. The van der Waals surface area contributed by atoms with Gasteiger partial charge in [0.1, 0.15) is 0 Å². The molecule has 0 aliphatic carbocycles. The second kappa shape index (κ2) is 8.14. The number of rotatable bonds is 7. The number of hydrogen-bond donors (Lipinski definition) is 2. The quantitative estimate of drug-likeness (QED) is 0.769. The van der Waals surface area contributed by atoms with Crippen molar-refractivity contribution in [2.75, 3.05) is 31.2 Å². The summed E-state index contributed by atoms with van der Waals surface area (Å²) in [6.45, 7) is 1.59. The minimum atomic E-state index is -0.00436. The fourth-order valence-corrected chi connectivity index (χ4v) is 2.10. The van der Waals surface area contributed by atoms with Crippen molar-refractivity contribution in [3.05, 3.63) is 54.4 Å². The molecule has 3 N–H and O–H groups in total. The molecule has 116 valence electrons. The Balaban J connectivity index is 1.69. The fraction of sp³-hybridized carbons (Fsp3) is 0.294. The molecule has 1 amide bonds. The van der Waals surface area contributed by atoms with Gasteiger partial charge in [-0.25, -0.2) is 0 Å². The molecule has 2 rings (SSSR count). The van der Waals surface area contributed by atoms with Gasteiger partial charge in [-0.1, -0.05) is 12.1 Å². The molecule has 0 bridgehead atoms. The van der Waals surface area contributed by atoms with Crippen LogP contribution in [0.2, 0.25) is 0 Å². The molecule has 0 saturated carbocycles. The molecule has 0 unspecified atom stereocenters. The van der Waals surface area contributed by atoms with E-state index >= 15 is 0 Å². The minimum Gasteiger partial charge on any atom is -0.399 e. The number of anilines is 2. The molecular weight excluding hydrogens is 276 g/mol. The summed E-state index contributed by atoms with van der Waals surface area (Å²) in [7, 11) is 2.01. The van der Waals surface area contributed by atoms with Crippen molar-refractivity contribution >= 4 is 17.3 Å². The van der Waals surface area contributed by atoms with E-state index in [1.807, 2.05) is 37.4 Å². The molecule has 1 aromatic heterocycles. The number of pyridine rings is 1. The van der Waals surface area contributed by atoms with Crippen molar-refractivity contribution < 1.29 is 4.79 Å². The lowest BCUT2D eigenvalue weighted by Crippen LogP contribution is -2.26. The third-order valence-corrected chi connectivity index (χ3v) is 3.37. The van der Waals surface area contributed by atoms with Crippen molar-refractivity contribution in [1.29, 1.82) is 0 Å². The predicted octanol–water partition coefficient (Wildman–Crippen LogP) is 2.17. The van der Waals surface area contributed by atoms with Crippen LogP contribution in [0.4, 0.5) is 11.4 Å². The summed E-state index contributed by atoms with van der Waals surface area (Å²) in [6, 6.07) is 13.1. The molecule has 0 fully saturated rings. The van der Waals surface area contributed by atoms with Gasteiger partial charge in [0.25, 0.3) is 0 Å². The average molecular weight is 298 g/mol. The van der Waals surface area contributed by atoms with E-state index in [1.165, 1.54) is 0 Å². The van der Waals surface area contributed by atoms with Gasteiger partial charge in [0, 0.05) is 49.2 Å². The van der Waals surface area contributed by atoms with E-state index in [9.17, 15) is 4.79 Å². The van der Waals surface area contributed by atoms with E-state index in [1.54, 1.807) is 18.3 Å². The highest BCUT2D eigenvalue weighted by Crippen LogP contribution is 2.11. The van der Waals surface area contributed by atoms with E-state index in [2.05, 4.69) is 15.2 Å². The molecule has 1 aromatic carbocycles. The number of hydrogen-bond acceptors (Lipinski definition) is 4. The third kappa shape index (κ3) is 5.54. The number of likely N-dealkylation sites (N-methyl/N-ethyl adjacent to an activating group) is 1. The molecule has 1 heterocycles. The van der Waals surface area contributed by atoms with Gasteiger partial charge in [0.05, 0.1) is 0 Å². The zero-order valence-corrected chi connectivity index (χ0v) is 12.8. The van der Waals surface area contributed by atoms with Crippen molar-refractivity contribution in [3.63, 3.8) is 0 Å². The van der Waals surface area contributed by atoms with Crippen LogP contribution in [0.5, 0.6) is 0 Å². The Morgan fingerprint density at radius 3 is 2.82 bits per heavy atom. The van der Waals surface area contributed by atoms with Gasteiger partial charge in [-0.05, 0) is 37.4 Å². The summed E-state index contributed by atoms with van der Waals surface area (Å²) in [6.07, 6.45) is 3.13. The maximum Gasteiger partial charge on any atom is 0.225 e. The Morgan fingerprint density at radius 2 is 2.09 bits per heavy atom. The van der Waals surface area contributed by atoms with Gasteiger partial charge in [-0.15, -0.1) is 0 Å². The van der Waals surface area contributed by atoms with E-state index in [0.29, 0.717) is 18.7 Å². The number of nitrogen functional groups attached to an aromatic ring is 1. The number of nitrogens with two attached hydrogens (primary N) is 1. The number of aromatic nitrogens is 1. The van der Waals surface area contributed by atoms with Crippen molar-refractivity contribution in [1.82, 2.24) is 9.88 Å². The standard InChI is InChI=1S/C17H22N4O/c1-21(11-8-15-6-2-3-10-19-15)12-9-17(22)20-16-7-4-5-14(18)13-16/h2-7,10,13H,8-9,11-12,18H2,1H3,(H,20,22). The topological polar surface area (TPSA) is 71.2 Å². The fourth-order valence-electron chi connectivity index (χ4n) is 2.10. The van der Waals surface area contributed by atoms with Gasteiger partial charge < -0.3 is 16.0 Å². The van der Waals surface area contributed by atoms with Crippen LogP contribution in [0.25, 0.3) is 0 Å². The molecule has 5 nitrogen and oxygen atoms in total. The van der Waals surface area contributed by atoms with E-state index in [-0.39, 0.29) is 5.91 Å². The zero-order valence-electron chi connectivity index (χ0n) is 12.8. The lowest BCUT2D eigenvalue weighted by Gasteiger charge is -2.16. The number of carbonyl (C=O) groups is 1. The number of amides is 1. The number of nitrogens with zero attached hydrogens (tertiary/aromatic N) is 2. The molecule has 5 heteroatoms. The zero-order chi connectivity index (χ0) is 15.8. The van der Waals surface area contributed by atoms with Crippen LogP contribution < -0.4 is 11.1 Å². The van der Waals surface area contributed by atoms with Crippen LogP contribution in [0.15, 0.2) is 48.7 Å². The van der Waals surface area contributed by atoms with Gasteiger partial charge in [0.2, 0.25) is 5.91 Å². The SMILES string of the molecule is CN(CCC(=O)Nc1cccc(N)c1)CCc1ccccn1. The van der Waals surface area contributed by atoms with Crippen LogP contribution in [-0.4, -0.2) is 35.9 Å². The highest BCUT2D eigenvalue weighted by atomic mass is 16.1. The Morgan fingerprint density at radius 1 is 1.23 bits per heavy atom. The predicted molar refractivity (Wildman–Crippen MR) is 89.5 cm³/mol. The summed E-state index contributed by atoms with van der Waals surface area (Å²) in [5.41, 5.74) is 8.13. The normalized spacial score (nSPS) is 10.6. The summed E-state index contributed by atoms with van der Waals surface area (Å²) in [5, 5.41) is 2.85. The molecule has 0 saturated heterocycles. The monoisotopic (exact) mass is 298 g/mol. The van der Waals surface area contributed by atoms with Crippen LogP contribution in [-0.2, 0) is 11.2 Å². The first kappa shape index (κ1) is 16.0. The maximum atomic E-state index is 11.9. The smallest absolute Gasteiger partial charge is 0.225 e. The second-order valence-electron chi connectivity index (χ2n) is 5.30. The summed E-state index contributed by atoms with van der Waals surface area (Å²) < 4.78 is 0. The summed E-state index contributed by atoms with van der Waals surface area (Å²) in [4.78, 5) is 18.3. The first-order chi connectivity index (χ1) is 10.6. The Kier molecular flexibility index (Phi) is 5.91. The van der Waals surface area contributed by atoms with E-state index in [4.69, 9.17) is 5.73 Å². The second-order valence-corrected chi connectivity index (χ2v) is 5.30. The maximum absolute atomic E-state index is 11.9. The van der Waals surface area contributed by atoms with Crippen molar-refractivity contribution in [2.24, 2.45) is 0 Å². The molecule has 2 aromatic rings. The number of nitrogens with one attached hydrogen (secondary N) is 1. The van der Waals surface area contributed by atoms with Crippen LogP contribution in [0, 0.1) is 0 Å². The third-order valence-electron chi connectivity index (χ3n) is 3.37. The van der Waals surface area contributed by atoms with Crippen molar-refractivity contribution in [3.8, 4) is 0 Å². The first-order valence-corrected chi connectivity index (χ1v) is 7.37. The van der Waals surface area contributed by atoms with Crippen LogP contribution >= 0.6 is 0 Å². The van der Waals surface area contributed by atoms with E-state index in [0.717, 1.165) is 24.3 Å². The molecule has 0 aliphatic heterocycles.